The lowest BCUT2D eigenvalue weighted by molar-refractivity contribution is -0.133. The van der Waals surface area contributed by atoms with E-state index in [1.807, 2.05) is 32.0 Å². The Morgan fingerprint density at radius 3 is 2.84 bits per heavy atom. The van der Waals surface area contributed by atoms with Gasteiger partial charge in [0.1, 0.15) is 5.78 Å². The lowest BCUT2D eigenvalue weighted by Gasteiger charge is -2.32. The van der Waals surface area contributed by atoms with E-state index in [4.69, 9.17) is 0 Å². The molecular formula is C15H18BrNO2. The molecule has 1 aliphatic rings. The molecule has 0 saturated carbocycles. The molecule has 19 heavy (non-hydrogen) atoms. The van der Waals surface area contributed by atoms with Crippen molar-refractivity contribution < 1.29 is 9.59 Å². The van der Waals surface area contributed by atoms with Gasteiger partial charge in [0, 0.05) is 23.1 Å². The topological polar surface area (TPSA) is 37.4 Å². The first-order valence-corrected chi connectivity index (χ1v) is 7.44. The first-order chi connectivity index (χ1) is 9.04. The summed E-state index contributed by atoms with van der Waals surface area (Å²) in [5, 5.41) is 0. The summed E-state index contributed by atoms with van der Waals surface area (Å²) in [6.07, 6.45) is 2.01. The molecule has 1 saturated heterocycles. The van der Waals surface area contributed by atoms with Gasteiger partial charge in [0.25, 0.3) is 0 Å². The standard InChI is InChI=1S/C15H18BrNO2/c1-3-14(18)12-5-4-8-17(15(12)19)13-7-6-11(16)9-10(13)2/h6-7,9,12H,3-5,8H2,1-2H3/t12-/m0/s1. The Morgan fingerprint density at radius 1 is 1.47 bits per heavy atom. The molecule has 1 heterocycles. The largest absolute Gasteiger partial charge is 0.312 e. The predicted octanol–water partition coefficient (Wildman–Crippen LogP) is 3.48. The molecule has 0 aromatic heterocycles. The molecule has 1 amide bonds. The molecule has 0 N–H and O–H groups in total. The van der Waals surface area contributed by atoms with Crippen molar-refractivity contribution in [2.24, 2.45) is 5.92 Å². The number of hydrogen-bond donors (Lipinski definition) is 0. The smallest absolute Gasteiger partial charge is 0.237 e. The number of piperidine rings is 1. The van der Waals surface area contributed by atoms with Crippen LogP contribution in [-0.4, -0.2) is 18.2 Å². The Kier molecular flexibility index (Phi) is 4.40. The minimum absolute atomic E-state index is 0.0384. The summed E-state index contributed by atoms with van der Waals surface area (Å²) in [5.74, 6) is -0.421. The number of rotatable bonds is 3. The number of halogens is 1. The minimum Gasteiger partial charge on any atom is -0.312 e. The van der Waals surface area contributed by atoms with Crippen molar-refractivity contribution >= 4 is 33.3 Å². The van der Waals surface area contributed by atoms with Gasteiger partial charge in [-0.05, 0) is 43.5 Å². The van der Waals surface area contributed by atoms with Crippen molar-refractivity contribution in [3.63, 3.8) is 0 Å². The minimum atomic E-state index is -0.443. The van der Waals surface area contributed by atoms with Crippen LogP contribution in [0.15, 0.2) is 22.7 Å². The Labute approximate surface area is 122 Å². The van der Waals surface area contributed by atoms with Crippen LogP contribution >= 0.6 is 15.9 Å². The summed E-state index contributed by atoms with van der Waals surface area (Å²) in [6.45, 7) is 4.51. The van der Waals surface area contributed by atoms with E-state index in [9.17, 15) is 9.59 Å². The van der Waals surface area contributed by atoms with Gasteiger partial charge in [0.05, 0.1) is 5.92 Å². The fourth-order valence-corrected chi connectivity index (χ4v) is 3.06. The maximum Gasteiger partial charge on any atom is 0.237 e. The van der Waals surface area contributed by atoms with Gasteiger partial charge in [-0.3, -0.25) is 9.59 Å². The Balaban J connectivity index is 2.29. The van der Waals surface area contributed by atoms with Crippen LogP contribution < -0.4 is 4.90 Å². The molecule has 1 atom stereocenters. The highest BCUT2D eigenvalue weighted by molar-refractivity contribution is 9.10. The molecule has 1 aromatic carbocycles. The number of benzene rings is 1. The molecular weight excluding hydrogens is 306 g/mol. The SMILES string of the molecule is CCC(=O)[C@@H]1CCCN(c2ccc(Br)cc2C)C1=O. The van der Waals surface area contributed by atoms with Crippen LogP contribution in [0, 0.1) is 12.8 Å². The van der Waals surface area contributed by atoms with Gasteiger partial charge >= 0.3 is 0 Å². The van der Waals surface area contributed by atoms with Crippen molar-refractivity contribution in [3.05, 3.63) is 28.2 Å². The highest BCUT2D eigenvalue weighted by Gasteiger charge is 2.34. The van der Waals surface area contributed by atoms with Gasteiger partial charge in [-0.1, -0.05) is 22.9 Å². The van der Waals surface area contributed by atoms with Crippen LogP contribution in [0.1, 0.15) is 31.7 Å². The lowest BCUT2D eigenvalue weighted by atomic mass is 9.91. The molecule has 1 aliphatic heterocycles. The van der Waals surface area contributed by atoms with Gasteiger partial charge in [-0.2, -0.15) is 0 Å². The van der Waals surface area contributed by atoms with Gasteiger partial charge in [-0.15, -0.1) is 0 Å². The summed E-state index contributed by atoms with van der Waals surface area (Å²) in [7, 11) is 0. The van der Waals surface area contributed by atoms with Crippen LogP contribution in [0.4, 0.5) is 5.69 Å². The number of amides is 1. The van der Waals surface area contributed by atoms with E-state index in [2.05, 4.69) is 15.9 Å². The molecule has 0 aliphatic carbocycles. The summed E-state index contributed by atoms with van der Waals surface area (Å²) in [4.78, 5) is 26.1. The van der Waals surface area contributed by atoms with Crippen molar-refractivity contribution in [1.82, 2.24) is 0 Å². The van der Waals surface area contributed by atoms with Crippen LogP contribution in [0.3, 0.4) is 0 Å². The Bertz CT molecular complexity index is 513. The van der Waals surface area contributed by atoms with Crippen LogP contribution in [-0.2, 0) is 9.59 Å². The Morgan fingerprint density at radius 2 is 2.21 bits per heavy atom. The monoisotopic (exact) mass is 323 g/mol. The second kappa shape index (κ2) is 5.87. The van der Waals surface area contributed by atoms with Crippen molar-refractivity contribution in [3.8, 4) is 0 Å². The number of carbonyl (C=O) groups is 2. The third-order valence-electron chi connectivity index (χ3n) is 3.63. The van der Waals surface area contributed by atoms with E-state index >= 15 is 0 Å². The second-order valence-corrected chi connectivity index (χ2v) is 5.85. The normalized spacial score (nSPS) is 19.6. The predicted molar refractivity (Wildman–Crippen MR) is 79.3 cm³/mol. The zero-order chi connectivity index (χ0) is 14.0. The average molecular weight is 324 g/mol. The summed E-state index contributed by atoms with van der Waals surface area (Å²) in [6, 6.07) is 5.87. The molecule has 0 unspecified atom stereocenters. The zero-order valence-electron chi connectivity index (χ0n) is 11.3. The molecule has 2 rings (SSSR count). The van der Waals surface area contributed by atoms with E-state index in [1.54, 1.807) is 4.90 Å². The number of hydrogen-bond acceptors (Lipinski definition) is 2. The third kappa shape index (κ3) is 2.89. The van der Waals surface area contributed by atoms with Gasteiger partial charge < -0.3 is 4.90 Å². The van der Waals surface area contributed by atoms with Crippen molar-refractivity contribution in [2.45, 2.75) is 33.1 Å². The molecule has 1 fully saturated rings. The molecule has 0 radical (unpaired) electrons. The number of aryl methyl sites for hydroxylation is 1. The average Bonchev–Trinajstić information content (AvgIpc) is 2.39. The van der Waals surface area contributed by atoms with E-state index in [0.717, 1.165) is 22.1 Å². The fourth-order valence-electron chi connectivity index (χ4n) is 2.58. The van der Waals surface area contributed by atoms with Gasteiger partial charge in [0.2, 0.25) is 5.91 Å². The lowest BCUT2D eigenvalue weighted by Crippen LogP contribution is -2.44. The number of carbonyl (C=O) groups excluding carboxylic acids is 2. The zero-order valence-corrected chi connectivity index (χ0v) is 12.9. The summed E-state index contributed by atoms with van der Waals surface area (Å²) < 4.78 is 0.999. The van der Waals surface area contributed by atoms with Crippen LogP contribution in [0.25, 0.3) is 0 Å². The Hall–Kier alpha value is -1.16. The third-order valence-corrected chi connectivity index (χ3v) is 4.12. The quantitative estimate of drug-likeness (QED) is 0.798. The molecule has 4 heteroatoms. The molecule has 3 nitrogen and oxygen atoms in total. The maximum atomic E-state index is 12.5. The number of ketones is 1. The second-order valence-electron chi connectivity index (χ2n) is 4.94. The van der Waals surface area contributed by atoms with E-state index in [-0.39, 0.29) is 11.7 Å². The maximum absolute atomic E-state index is 12.5. The number of Topliss-reactive ketones (excluding diaryl/α,β-unsaturated/α-hetero) is 1. The summed E-state index contributed by atoms with van der Waals surface area (Å²) in [5.41, 5.74) is 1.97. The van der Waals surface area contributed by atoms with Gasteiger partial charge in [0.15, 0.2) is 0 Å². The molecule has 1 aromatic rings. The van der Waals surface area contributed by atoms with E-state index < -0.39 is 5.92 Å². The molecule has 102 valence electrons. The van der Waals surface area contributed by atoms with Crippen molar-refractivity contribution in [2.75, 3.05) is 11.4 Å². The van der Waals surface area contributed by atoms with Crippen molar-refractivity contribution in [1.29, 1.82) is 0 Å². The van der Waals surface area contributed by atoms with E-state index in [1.165, 1.54) is 0 Å². The van der Waals surface area contributed by atoms with Crippen LogP contribution in [0.5, 0.6) is 0 Å². The highest BCUT2D eigenvalue weighted by atomic mass is 79.9. The first-order valence-electron chi connectivity index (χ1n) is 6.64. The molecule has 0 bridgehead atoms. The van der Waals surface area contributed by atoms with Gasteiger partial charge in [-0.25, -0.2) is 0 Å². The molecule has 0 spiro atoms. The highest BCUT2D eigenvalue weighted by Crippen LogP contribution is 2.29. The van der Waals surface area contributed by atoms with Crippen LogP contribution in [0.2, 0.25) is 0 Å². The van der Waals surface area contributed by atoms with E-state index in [0.29, 0.717) is 19.4 Å². The summed E-state index contributed by atoms with van der Waals surface area (Å²) >= 11 is 3.42. The number of anilines is 1. The number of nitrogens with zero attached hydrogens (tertiary/aromatic N) is 1. The fraction of sp³-hybridized carbons (Fsp3) is 0.467. The first kappa shape index (κ1) is 14.3.